The Labute approximate surface area is 112 Å². The van der Waals surface area contributed by atoms with E-state index in [1.54, 1.807) is 6.92 Å². The predicted molar refractivity (Wildman–Crippen MR) is 71.6 cm³/mol. The Bertz CT molecular complexity index is 610. The summed E-state index contributed by atoms with van der Waals surface area (Å²) < 4.78 is 0.473. The molecule has 0 saturated carbocycles. The lowest BCUT2D eigenvalue weighted by Gasteiger charge is -2.05. The fraction of sp³-hybridized carbons (Fsp3) is 0.167. The van der Waals surface area contributed by atoms with Crippen LogP contribution in [-0.4, -0.2) is 9.97 Å². The molecule has 0 radical (unpaired) electrons. The van der Waals surface area contributed by atoms with Crippen LogP contribution in [0.25, 0.3) is 0 Å². The number of nitrogens with zero attached hydrogens (tertiary/aromatic N) is 1. The van der Waals surface area contributed by atoms with E-state index in [2.05, 4.69) is 25.9 Å². The van der Waals surface area contributed by atoms with Crippen LogP contribution in [0.3, 0.4) is 0 Å². The molecule has 1 heterocycles. The number of aromatic amines is 1. The van der Waals surface area contributed by atoms with Gasteiger partial charge in [0, 0.05) is 11.4 Å². The molecule has 2 aromatic rings. The van der Waals surface area contributed by atoms with Gasteiger partial charge in [-0.1, -0.05) is 29.8 Å². The molecule has 0 aliphatic heterocycles. The molecule has 0 saturated heterocycles. The van der Waals surface area contributed by atoms with E-state index in [1.165, 1.54) is 0 Å². The van der Waals surface area contributed by atoms with Crippen molar-refractivity contribution in [2.45, 2.75) is 13.3 Å². The molecule has 1 aromatic carbocycles. The zero-order valence-electron chi connectivity index (χ0n) is 9.13. The molecule has 0 fully saturated rings. The number of benzene rings is 1. The molecule has 0 aliphatic rings. The lowest BCUT2D eigenvalue weighted by molar-refractivity contribution is 0.911. The number of halogens is 2. The molecule has 3 nitrogen and oxygen atoms in total. The number of rotatable bonds is 2. The molecule has 0 aliphatic carbocycles. The van der Waals surface area contributed by atoms with Crippen LogP contribution in [0.4, 0.5) is 0 Å². The molecule has 88 valence electrons. The topological polar surface area (TPSA) is 45.8 Å². The first-order valence-electron chi connectivity index (χ1n) is 5.06. The lowest BCUT2D eigenvalue weighted by Crippen LogP contribution is -2.14. The van der Waals surface area contributed by atoms with Gasteiger partial charge in [0.2, 0.25) is 0 Å². The van der Waals surface area contributed by atoms with Crippen molar-refractivity contribution in [2.75, 3.05) is 0 Å². The summed E-state index contributed by atoms with van der Waals surface area (Å²) in [6, 6.07) is 7.51. The SMILES string of the molecule is Cc1nc(Cc2ccccc2Cl)[nH]c(=O)c1Br. The smallest absolute Gasteiger partial charge is 0.265 e. The number of hydrogen-bond acceptors (Lipinski definition) is 2. The molecule has 17 heavy (non-hydrogen) atoms. The van der Waals surface area contributed by atoms with Gasteiger partial charge >= 0.3 is 0 Å². The monoisotopic (exact) mass is 312 g/mol. The third kappa shape index (κ3) is 2.76. The minimum absolute atomic E-state index is 0.167. The molecule has 5 heteroatoms. The summed E-state index contributed by atoms with van der Waals surface area (Å²) in [7, 11) is 0. The first kappa shape index (κ1) is 12.3. The van der Waals surface area contributed by atoms with Crippen molar-refractivity contribution in [1.82, 2.24) is 9.97 Å². The normalized spacial score (nSPS) is 10.5. The summed E-state index contributed by atoms with van der Waals surface area (Å²) in [4.78, 5) is 18.6. The van der Waals surface area contributed by atoms with Crippen molar-refractivity contribution >= 4 is 27.5 Å². The van der Waals surface area contributed by atoms with Crippen LogP contribution in [0.15, 0.2) is 33.5 Å². The standard InChI is InChI=1S/C12H10BrClN2O/c1-7-11(13)12(17)16-10(15-7)6-8-4-2-3-5-9(8)14/h2-5H,6H2,1H3,(H,15,16,17). The highest BCUT2D eigenvalue weighted by Crippen LogP contribution is 2.17. The van der Waals surface area contributed by atoms with Crippen molar-refractivity contribution in [2.24, 2.45) is 0 Å². The summed E-state index contributed by atoms with van der Waals surface area (Å²) in [5.41, 5.74) is 1.45. The van der Waals surface area contributed by atoms with Gasteiger partial charge < -0.3 is 4.98 Å². The highest BCUT2D eigenvalue weighted by molar-refractivity contribution is 9.10. The number of aromatic nitrogens is 2. The Hall–Kier alpha value is -1.13. The zero-order valence-corrected chi connectivity index (χ0v) is 11.5. The highest BCUT2D eigenvalue weighted by Gasteiger charge is 2.07. The summed E-state index contributed by atoms with van der Waals surface area (Å²) in [5, 5.41) is 0.677. The van der Waals surface area contributed by atoms with Crippen molar-refractivity contribution < 1.29 is 0 Å². The van der Waals surface area contributed by atoms with Gasteiger partial charge in [-0.2, -0.15) is 0 Å². The lowest BCUT2D eigenvalue weighted by atomic mass is 10.1. The van der Waals surface area contributed by atoms with E-state index in [9.17, 15) is 4.79 Å². The van der Waals surface area contributed by atoms with E-state index < -0.39 is 0 Å². The molecular weight excluding hydrogens is 304 g/mol. The van der Waals surface area contributed by atoms with Gasteiger partial charge in [0.25, 0.3) is 5.56 Å². The second-order valence-corrected chi connectivity index (χ2v) is 4.88. The molecule has 1 aromatic heterocycles. The molecule has 2 rings (SSSR count). The summed E-state index contributed by atoms with van der Waals surface area (Å²) in [6.45, 7) is 1.79. The van der Waals surface area contributed by atoms with Crippen LogP contribution in [0.5, 0.6) is 0 Å². The number of H-pyrrole nitrogens is 1. The van der Waals surface area contributed by atoms with Crippen molar-refractivity contribution in [1.29, 1.82) is 0 Å². The van der Waals surface area contributed by atoms with Crippen LogP contribution in [0.2, 0.25) is 5.02 Å². The Morgan fingerprint density at radius 3 is 2.76 bits per heavy atom. The van der Waals surface area contributed by atoms with Gasteiger partial charge in [0.1, 0.15) is 10.3 Å². The largest absolute Gasteiger partial charge is 0.309 e. The third-order valence-electron chi connectivity index (χ3n) is 2.39. The molecule has 0 spiro atoms. The maximum atomic E-state index is 11.6. The predicted octanol–water partition coefficient (Wildman–Crippen LogP) is 3.09. The van der Waals surface area contributed by atoms with E-state index in [-0.39, 0.29) is 5.56 Å². The van der Waals surface area contributed by atoms with E-state index in [4.69, 9.17) is 11.6 Å². The number of hydrogen-bond donors (Lipinski definition) is 1. The average molecular weight is 314 g/mol. The minimum Gasteiger partial charge on any atom is -0.309 e. The molecule has 1 N–H and O–H groups in total. The average Bonchev–Trinajstić information content (AvgIpc) is 2.29. The quantitative estimate of drug-likeness (QED) is 0.926. The second kappa shape index (κ2) is 5.02. The van der Waals surface area contributed by atoms with Gasteiger partial charge in [0.05, 0.1) is 5.69 Å². The van der Waals surface area contributed by atoms with Gasteiger partial charge in [0.15, 0.2) is 0 Å². The Morgan fingerprint density at radius 2 is 2.12 bits per heavy atom. The number of nitrogens with one attached hydrogen (secondary N) is 1. The van der Waals surface area contributed by atoms with Crippen LogP contribution < -0.4 is 5.56 Å². The third-order valence-corrected chi connectivity index (χ3v) is 3.70. The first-order chi connectivity index (χ1) is 8.08. The van der Waals surface area contributed by atoms with Crippen LogP contribution in [-0.2, 0) is 6.42 Å². The van der Waals surface area contributed by atoms with Crippen molar-refractivity contribution in [3.8, 4) is 0 Å². The van der Waals surface area contributed by atoms with E-state index in [0.717, 1.165) is 5.56 Å². The minimum atomic E-state index is -0.167. The Balaban J connectivity index is 2.38. The summed E-state index contributed by atoms with van der Waals surface area (Å²) in [5.74, 6) is 0.615. The maximum Gasteiger partial charge on any atom is 0.265 e. The van der Waals surface area contributed by atoms with Crippen LogP contribution in [0.1, 0.15) is 17.1 Å². The molecule has 0 atom stereocenters. The maximum absolute atomic E-state index is 11.6. The Morgan fingerprint density at radius 1 is 1.41 bits per heavy atom. The van der Waals surface area contributed by atoms with Gasteiger partial charge in [-0.05, 0) is 34.5 Å². The Kier molecular flexibility index (Phi) is 3.64. The second-order valence-electron chi connectivity index (χ2n) is 3.68. The first-order valence-corrected chi connectivity index (χ1v) is 6.23. The fourth-order valence-corrected chi connectivity index (χ4v) is 1.93. The van der Waals surface area contributed by atoms with Gasteiger partial charge in [-0.25, -0.2) is 4.98 Å². The van der Waals surface area contributed by atoms with Crippen molar-refractivity contribution in [3.63, 3.8) is 0 Å². The number of aryl methyl sites for hydroxylation is 1. The van der Waals surface area contributed by atoms with E-state index in [1.807, 2.05) is 24.3 Å². The summed E-state index contributed by atoms with van der Waals surface area (Å²) >= 11 is 9.24. The highest BCUT2D eigenvalue weighted by atomic mass is 79.9. The van der Waals surface area contributed by atoms with Crippen LogP contribution >= 0.6 is 27.5 Å². The van der Waals surface area contributed by atoms with Gasteiger partial charge in [-0.15, -0.1) is 0 Å². The molecule has 0 amide bonds. The van der Waals surface area contributed by atoms with Crippen molar-refractivity contribution in [3.05, 3.63) is 61.2 Å². The van der Waals surface area contributed by atoms with Crippen LogP contribution in [0, 0.1) is 6.92 Å². The van der Waals surface area contributed by atoms with E-state index in [0.29, 0.717) is 27.4 Å². The van der Waals surface area contributed by atoms with Gasteiger partial charge in [-0.3, -0.25) is 4.79 Å². The molecule has 0 unspecified atom stereocenters. The summed E-state index contributed by atoms with van der Waals surface area (Å²) in [6.07, 6.45) is 0.517. The zero-order chi connectivity index (χ0) is 12.4. The fourth-order valence-electron chi connectivity index (χ4n) is 1.54. The van der Waals surface area contributed by atoms with E-state index >= 15 is 0 Å². The molecular formula is C12H10BrClN2O. The molecule has 0 bridgehead atoms.